The fraction of sp³-hybridized carbons (Fsp3) is 0.286. The van der Waals surface area contributed by atoms with E-state index in [1.54, 1.807) is 19.1 Å². The fourth-order valence-electron chi connectivity index (χ4n) is 5.31. The first-order valence-corrected chi connectivity index (χ1v) is 12.4. The second kappa shape index (κ2) is 9.20. The normalized spacial score (nSPS) is 22.2. The molecule has 0 aromatic heterocycles. The number of halogens is 3. The van der Waals surface area contributed by atoms with Gasteiger partial charge in [0, 0.05) is 16.9 Å². The number of anilines is 2. The predicted molar refractivity (Wildman–Crippen MR) is 142 cm³/mol. The van der Waals surface area contributed by atoms with Crippen LogP contribution in [0.2, 0.25) is 0 Å². The summed E-state index contributed by atoms with van der Waals surface area (Å²) in [6, 6.07) is 15.2. The molecule has 5 rings (SSSR count). The van der Waals surface area contributed by atoms with Crippen LogP contribution in [-0.4, -0.2) is 23.9 Å². The summed E-state index contributed by atoms with van der Waals surface area (Å²) in [5.74, 6) is -0.454. The van der Waals surface area contributed by atoms with Gasteiger partial charge in [-0.1, -0.05) is 35.9 Å². The van der Waals surface area contributed by atoms with Crippen LogP contribution in [0.1, 0.15) is 35.2 Å². The van der Waals surface area contributed by atoms with Gasteiger partial charge in [0.25, 0.3) is 0 Å². The molecule has 10 heteroatoms. The molecule has 1 amide bonds. The van der Waals surface area contributed by atoms with E-state index in [1.165, 1.54) is 24.1 Å². The number of ether oxygens (including phenoxy) is 2. The average Bonchev–Trinajstić information content (AvgIpc) is 2.84. The minimum absolute atomic E-state index is 0.140. The number of hydrogen-bond acceptors (Lipinski definition) is 4. The molecule has 6 nitrogen and oxygen atoms in total. The number of nitrogens with zero attached hydrogens (tertiary/aromatic N) is 1. The standard InChI is InChI=1S/C28H26F3N3O3S/c1-15-11-12-20(16(2)13-15)32-25(35)22-23-19-9-6-10-21(36-4)24(19)37-27(22,3)34(26(38)33-23)18-8-5-7-17(14-18)28(29,30)31/h5-14,22-23H,1-4H3,(H,32,35)(H,33,38). The van der Waals surface area contributed by atoms with Gasteiger partial charge in [-0.2, -0.15) is 13.2 Å². The zero-order valence-electron chi connectivity index (χ0n) is 21.1. The highest BCUT2D eigenvalue weighted by Gasteiger charge is 2.59. The summed E-state index contributed by atoms with van der Waals surface area (Å²) in [7, 11) is 1.50. The minimum atomic E-state index is -4.56. The third-order valence-corrected chi connectivity index (χ3v) is 7.36. The summed E-state index contributed by atoms with van der Waals surface area (Å²) >= 11 is 5.66. The number of rotatable bonds is 4. The monoisotopic (exact) mass is 541 g/mol. The van der Waals surface area contributed by atoms with Crippen molar-refractivity contribution in [2.75, 3.05) is 17.3 Å². The SMILES string of the molecule is COc1cccc2c1OC1(C)C(C(=O)Nc3ccc(C)cc3C)C2NC(=S)N1c1cccc(C(F)(F)F)c1. The largest absolute Gasteiger partial charge is 0.493 e. The third kappa shape index (κ3) is 4.22. The number of amides is 1. The molecule has 2 heterocycles. The lowest BCUT2D eigenvalue weighted by Crippen LogP contribution is -2.72. The van der Waals surface area contributed by atoms with E-state index in [4.69, 9.17) is 21.7 Å². The van der Waals surface area contributed by atoms with Gasteiger partial charge in [0.05, 0.1) is 18.7 Å². The zero-order valence-corrected chi connectivity index (χ0v) is 22.0. The Kier molecular flexibility index (Phi) is 6.25. The number of aryl methyl sites for hydroxylation is 2. The maximum Gasteiger partial charge on any atom is 0.416 e. The maximum atomic E-state index is 14.0. The molecule has 38 heavy (non-hydrogen) atoms. The zero-order chi connectivity index (χ0) is 27.4. The lowest BCUT2D eigenvalue weighted by atomic mass is 9.78. The Morgan fingerprint density at radius 2 is 1.87 bits per heavy atom. The van der Waals surface area contributed by atoms with Crippen molar-refractivity contribution >= 4 is 34.6 Å². The Balaban J connectivity index is 1.66. The molecule has 2 aliphatic heterocycles. The number of para-hydroxylation sites is 1. The smallest absolute Gasteiger partial charge is 0.416 e. The molecule has 0 radical (unpaired) electrons. The summed E-state index contributed by atoms with van der Waals surface area (Å²) in [5.41, 5.74) is 1.02. The molecule has 198 valence electrons. The van der Waals surface area contributed by atoms with Crippen molar-refractivity contribution in [3.8, 4) is 11.5 Å². The number of benzene rings is 3. The van der Waals surface area contributed by atoms with Gasteiger partial charge in [0.1, 0.15) is 5.92 Å². The summed E-state index contributed by atoms with van der Waals surface area (Å²) in [6.45, 7) is 5.52. The van der Waals surface area contributed by atoms with Crippen molar-refractivity contribution in [2.24, 2.45) is 5.92 Å². The highest BCUT2D eigenvalue weighted by molar-refractivity contribution is 7.80. The van der Waals surface area contributed by atoms with E-state index in [0.29, 0.717) is 22.7 Å². The minimum Gasteiger partial charge on any atom is -0.493 e. The Labute approximate surface area is 223 Å². The fourth-order valence-corrected chi connectivity index (χ4v) is 5.72. The molecule has 0 aliphatic carbocycles. The Morgan fingerprint density at radius 3 is 2.55 bits per heavy atom. The van der Waals surface area contributed by atoms with Crippen LogP contribution in [0.5, 0.6) is 11.5 Å². The van der Waals surface area contributed by atoms with Crippen LogP contribution in [0, 0.1) is 19.8 Å². The van der Waals surface area contributed by atoms with Crippen molar-refractivity contribution < 1.29 is 27.4 Å². The molecule has 3 aromatic rings. The van der Waals surface area contributed by atoms with Crippen LogP contribution >= 0.6 is 12.2 Å². The molecule has 0 spiro atoms. The molecule has 1 fully saturated rings. The van der Waals surface area contributed by atoms with Crippen LogP contribution in [0.4, 0.5) is 24.5 Å². The number of hydrogen-bond donors (Lipinski definition) is 2. The first-order valence-electron chi connectivity index (χ1n) is 12.0. The topological polar surface area (TPSA) is 62.8 Å². The lowest BCUT2D eigenvalue weighted by Gasteiger charge is -2.56. The van der Waals surface area contributed by atoms with Crippen molar-refractivity contribution in [1.82, 2.24) is 5.32 Å². The molecule has 3 atom stereocenters. The van der Waals surface area contributed by atoms with E-state index in [0.717, 1.165) is 23.3 Å². The van der Waals surface area contributed by atoms with E-state index in [-0.39, 0.29) is 16.7 Å². The molecule has 2 aliphatic rings. The van der Waals surface area contributed by atoms with Crippen LogP contribution < -0.4 is 25.0 Å². The van der Waals surface area contributed by atoms with Gasteiger partial charge < -0.3 is 20.1 Å². The van der Waals surface area contributed by atoms with Crippen molar-refractivity contribution in [3.05, 3.63) is 82.9 Å². The van der Waals surface area contributed by atoms with Gasteiger partial charge >= 0.3 is 6.18 Å². The summed E-state index contributed by atoms with van der Waals surface area (Å²) in [6.07, 6.45) is -4.56. The molecule has 2 bridgehead atoms. The highest BCUT2D eigenvalue weighted by atomic mass is 32.1. The second-order valence-electron chi connectivity index (χ2n) is 9.63. The predicted octanol–water partition coefficient (Wildman–Crippen LogP) is 6.13. The van der Waals surface area contributed by atoms with Gasteiger partial charge in [0.15, 0.2) is 22.3 Å². The molecule has 1 saturated heterocycles. The molecule has 3 unspecified atom stereocenters. The number of thiocarbonyl (C=S) groups is 1. The third-order valence-electron chi connectivity index (χ3n) is 7.06. The van der Waals surface area contributed by atoms with Crippen molar-refractivity contribution in [3.63, 3.8) is 0 Å². The number of carbonyl (C=O) groups excluding carboxylic acids is 1. The van der Waals surface area contributed by atoms with Crippen LogP contribution in [0.3, 0.4) is 0 Å². The van der Waals surface area contributed by atoms with Crippen LogP contribution in [0.15, 0.2) is 60.7 Å². The second-order valence-corrected chi connectivity index (χ2v) is 10.0. The van der Waals surface area contributed by atoms with Crippen LogP contribution in [0.25, 0.3) is 0 Å². The van der Waals surface area contributed by atoms with Crippen molar-refractivity contribution in [1.29, 1.82) is 0 Å². The molecular weight excluding hydrogens is 515 g/mol. The maximum absolute atomic E-state index is 14.0. The molecular formula is C28H26F3N3O3S. The first-order chi connectivity index (χ1) is 17.9. The number of methoxy groups -OCH3 is 1. The van der Waals surface area contributed by atoms with E-state index in [9.17, 15) is 18.0 Å². The highest BCUT2D eigenvalue weighted by Crippen LogP contribution is 2.52. The van der Waals surface area contributed by atoms with E-state index in [2.05, 4.69) is 10.6 Å². The van der Waals surface area contributed by atoms with Crippen molar-refractivity contribution in [2.45, 2.75) is 38.7 Å². The number of nitrogens with one attached hydrogen (secondary N) is 2. The number of fused-ring (bicyclic) bond motifs is 4. The van der Waals surface area contributed by atoms with Gasteiger partial charge in [0.2, 0.25) is 5.91 Å². The van der Waals surface area contributed by atoms with Gasteiger partial charge in [-0.05, 0) is 68.9 Å². The molecule has 2 N–H and O–H groups in total. The van der Waals surface area contributed by atoms with Gasteiger partial charge in [-0.15, -0.1) is 0 Å². The number of alkyl halides is 3. The average molecular weight is 542 g/mol. The first kappa shape index (κ1) is 25.8. The molecule has 3 aromatic carbocycles. The quantitative estimate of drug-likeness (QED) is 0.388. The summed E-state index contributed by atoms with van der Waals surface area (Å²) < 4.78 is 52.9. The van der Waals surface area contributed by atoms with Gasteiger partial charge in [-0.3, -0.25) is 9.69 Å². The molecule has 0 saturated carbocycles. The lowest BCUT2D eigenvalue weighted by molar-refractivity contribution is -0.137. The number of carbonyl (C=O) groups is 1. The van der Waals surface area contributed by atoms with E-state index in [1.807, 2.05) is 38.1 Å². The Hall–Kier alpha value is -3.79. The summed E-state index contributed by atoms with van der Waals surface area (Å²) in [5, 5.41) is 6.35. The Bertz CT molecular complexity index is 1440. The Morgan fingerprint density at radius 1 is 1.13 bits per heavy atom. The van der Waals surface area contributed by atoms with Crippen LogP contribution in [-0.2, 0) is 11.0 Å². The summed E-state index contributed by atoms with van der Waals surface area (Å²) in [4.78, 5) is 15.4. The van der Waals surface area contributed by atoms with E-state index >= 15 is 0 Å². The van der Waals surface area contributed by atoms with Gasteiger partial charge in [-0.25, -0.2) is 0 Å². The van der Waals surface area contributed by atoms with E-state index < -0.39 is 29.4 Å².